The second-order valence-corrected chi connectivity index (χ2v) is 14.7. The summed E-state index contributed by atoms with van der Waals surface area (Å²) in [6, 6.07) is 0. The van der Waals surface area contributed by atoms with Gasteiger partial charge in [0.15, 0.2) is 9.04 Å². The fraction of sp³-hybridized carbons (Fsp3) is 0.909. The summed E-state index contributed by atoms with van der Waals surface area (Å²) in [5, 5.41) is 0. The lowest BCUT2D eigenvalue weighted by Crippen LogP contribution is -2.63. The average molecular weight is 495 g/mol. The topological polar surface area (TPSA) is 99.9 Å². The molecule has 0 saturated carbocycles. The van der Waals surface area contributed by atoms with E-state index in [0.29, 0.717) is 6.42 Å². The lowest BCUT2D eigenvalue weighted by atomic mass is 9.85. The summed E-state index contributed by atoms with van der Waals surface area (Å²) in [7, 11) is 2.58. The number of nitrogens with zero attached hydrogens (tertiary/aromatic N) is 1. The Labute approximate surface area is 200 Å². The fourth-order valence-electron chi connectivity index (χ4n) is 2.97. The van der Waals surface area contributed by atoms with Gasteiger partial charge in [0.1, 0.15) is 0 Å². The normalized spacial score (nSPS) is 14.9. The molecule has 0 radical (unpaired) electrons. The van der Waals surface area contributed by atoms with Crippen LogP contribution in [0, 0.1) is 17.8 Å². The Morgan fingerprint density at radius 1 is 1.03 bits per heavy atom. The molecule has 0 aromatic rings. The quantitative estimate of drug-likeness (QED) is 0.269. The van der Waals surface area contributed by atoms with E-state index in [1.165, 1.54) is 27.1 Å². The number of nitrogens with one attached hydrogen (secondary N) is 1. The number of hydrogen-bond donors (Lipinski definition) is 2. The van der Waals surface area contributed by atoms with Gasteiger partial charge in [-0.1, -0.05) is 40.5 Å². The fourth-order valence-corrected chi connectivity index (χ4v) is 7.36. The van der Waals surface area contributed by atoms with Crippen LogP contribution in [0.4, 0.5) is 0 Å². The summed E-state index contributed by atoms with van der Waals surface area (Å²) in [6.07, 6.45) is 4.04. The predicted molar refractivity (Wildman–Crippen MR) is 136 cm³/mol. The maximum Gasteiger partial charge on any atom is 0.621 e. The highest BCUT2D eigenvalue weighted by Crippen LogP contribution is 2.24. The second kappa shape index (κ2) is 16.8. The van der Waals surface area contributed by atoms with E-state index in [1.807, 2.05) is 26.9 Å². The van der Waals surface area contributed by atoms with Crippen molar-refractivity contribution in [3.63, 3.8) is 0 Å². The summed E-state index contributed by atoms with van der Waals surface area (Å²) in [5.41, 5.74) is 5.41. The molecule has 32 heavy (non-hydrogen) atoms. The van der Waals surface area contributed by atoms with Crippen LogP contribution in [0.15, 0.2) is 0 Å². The van der Waals surface area contributed by atoms with Crippen LogP contribution in [0.3, 0.4) is 0 Å². The van der Waals surface area contributed by atoms with E-state index < -0.39 is 18.0 Å². The first-order chi connectivity index (χ1) is 14.7. The van der Waals surface area contributed by atoms with E-state index in [9.17, 15) is 9.59 Å². The highest BCUT2D eigenvalue weighted by atomic mass is 28.4. The minimum Gasteiger partial charge on any atom is -0.402 e. The van der Waals surface area contributed by atoms with E-state index in [4.69, 9.17) is 18.7 Å². The summed E-state index contributed by atoms with van der Waals surface area (Å²) in [5.74, 6) is -0.845. The number of amides is 2. The third kappa shape index (κ3) is 13.7. The van der Waals surface area contributed by atoms with Crippen LogP contribution in [-0.2, 0) is 22.6 Å². The van der Waals surface area contributed by atoms with Gasteiger partial charge in [-0.2, -0.15) is 0 Å². The molecule has 0 heterocycles. The monoisotopic (exact) mass is 494 g/mol. The van der Waals surface area contributed by atoms with Crippen molar-refractivity contribution in [3.8, 4) is 0 Å². The Bertz CT molecular complexity index is 530. The van der Waals surface area contributed by atoms with Gasteiger partial charge in [-0.05, 0) is 32.9 Å². The maximum atomic E-state index is 13.1. The number of hydrogen-bond acceptors (Lipinski definition) is 5. The summed E-state index contributed by atoms with van der Waals surface area (Å²) >= 11 is 0. The Balaban J connectivity index is 0. The molecule has 10 heteroatoms. The summed E-state index contributed by atoms with van der Waals surface area (Å²) < 4.78 is 17.7. The summed E-state index contributed by atoms with van der Waals surface area (Å²) in [4.78, 5) is 27.4. The molecule has 8 nitrogen and oxygen atoms in total. The molecular formula is C22H52N3O5Si2+. The van der Waals surface area contributed by atoms with Crippen molar-refractivity contribution in [3.05, 3.63) is 0 Å². The van der Waals surface area contributed by atoms with Gasteiger partial charge in [-0.3, -0.25) is 9.59 Å². The van der Waals surface area contributed by atoms with Gasteiger partial charge in [0, 0.05) is 32.0 Å². The van der Waals surface area contributed by atoms with Crippen LogP contribution >= 0.6 is 0 Å². The Hall–Kier alpha value is -0.786. The molecule has 0 aliphatic carbocycles. The van der Waals surface area contributed by atoms with E-state index in [-0.39, 0.29) is 29.6 Å². The van der Waals surface area contributed by atoms with Crippen molar-refractivity contribution < 1.29 is 27.0 Å². The van der Waals surface area contributed by atoms with Crippen molar-refractivity contribution in [1.29, 1.82) is 0 Å². The molecule has 0 saturated heterocycles. The van der Waals surface area contributed by atoms with Gasteiger partial charge in [0.2, 0.25) is 11.8 Å². The number of primary amides is 1. The minimum atomic E-state index is -3.22. The lowest BCUT2D eigenvalue weighted by molar-refractivity contribution is -0.892. The van der Waals surface area contributed by atoms with Gasteiger partial charge in [0.25, 0.3) is 0 Å². The first kappa shape index (κ1) is 33.4. The third-order valence-electron chi connectivity index (χ3n) is 5.87. The molecule has 0 aliphatic heterocycles. The van der Waals surface area contributed by atoms with Crippen molar-refractivity contribution in [1.82, 2.24) is 4.98 Å². The Morgan fingerprint density at radius 3 is 1.88 bits per heavy atom. The van der Waals surface area contributed by atoms with Crippen LogP contribution in [-0.4, -0.2) is 75.7 Å². The van der Waals surface area contributed by atoms with Gasteiger partial charge in [-0.15, -0.1) is 0 Å². The highest BCUT2D eigenvalue weighted by Gasteiger charge is 2.45. The molecule has 3 atom stereocenters. The molecule has 0 aliphatic rings. The molecule has 3 unspecified atom stereocenters. The number of carbonyl (C=O) groups excluding carboxylic acids is 2. The number of quaternary nitrogens is 1. The zero-order chi connectivity index (χ0) is 25.5. The number of unbranched alkanes of at least 4 members (excludes halogenated alkanes) is 1. The zero-order valence-electron chi connectivity index (χ0n) is 22.6. The van der Waals surface area contributed by atoms with Gasteiger partial charge in [0.05, 0.1) is 27.2 Å². The van der Waals surface area contributed by atoms with Crippen LogP contribution in [0.1, 0.15) is 60.3 Å². The molecule has 0 rings (SSSR count). The van der Waals surface area contributed by atoms with Crippen molar-refractivity contribution in [2.75, 3.05) is 41.4 Å². The molecular weight excluding hydrogens is 442 g/mol. The SMILES string of the molecule is CCCC.CC[N+](C)(C)CC(CCC(C)C(N)=O)C(C)C(=O)N[Si](OC)(OC)O[SiH](C)C. The van der Waals surface area contributed by atoms with Crippen molar-refractivity contribution >= 4 is 29.8 Å². The first-order valence-electron chi connectivity index (χ1n) is 12.0. The molecule has 192 valence electrons. The molecule has 3 N–H and O–H groups in total. The Kier molecular flexibility index (Phi) is 17.5. The molecule has 0 fully saturated rings. The first-order valence-corrected chi connectivity index (χ1v) is 16.5. The largest absolute Gasteiger partial charge is 0.621 e. The minimum absolute atomic E-state index is 0.0912. The van der Waals surface area contributed by atoms with E-state index in [2.05, 4.69) is 39.8 Å². The second-order valence-electron chi connectivity index (χ2n) is 9.48. The van der Waals surface area contributed by atoms with E-state index in [0.717, 1.165) is 24.0 Å². The number of rotatable bonds is 15. The zero-order valence-corrected chi connectivity index (χ0v) is 24.8. The van der Waals surface area contributed by atoms with Crippen molar-refractivity contribution in [2.45, 2.75) is 73.4 Å². The third-order valence-corrected chi connectivity index (χ3v) is 10.6. The lowest BCUT2D eigenvalue weighted by Gasteiger charge is -2.36. The summed E-state index contributed by atoms with van der Waals surface area (Å²) in [6.45, 7) is 16.0. The molecule has 0 spiro atoms. The Morgan fingerprint density at radius 2 is 1.53 bits per heavy atom. The highest BCUT2D eigenvalue weighted by molar-refractivity contribution is 6.70. The standard InChI is InChI=1S/C18H41N3O5Si2.C4H10/c1-10-21(4,5)13-16(12-11-14(2)17(19)22)15(3)18(23)20-28(24-6,25-7)26-27(8)9;1-3-4-2/h14-16,27H,10-13H2,1-9H3,(H2-,19,20,22,23);3-4H2,1-2H3/p+1. The van der Waals surface area contributed by atoms with Crippen LogP contribution in [0.25, 0.3) is 0 Å². The van der Waals surface area contributed by atoms with E-state index in [1.54, 1.807) is 0 Å². The van der Waals surface area contributed by atoms with Crippen LogP contribution < -0.4 is 10.7 Å². The predicted octanol–water partition coefficient (Wildman–Crippen LogP) is 2.89. The van der Waals surface area contributed by atoms with E-state index >= 15 is 0 Å². The van der Waals surface area contributed by atoms with Gasteiger partial charge < -0.3 is 28.2 Å². The molecule has 0 aromatic carbocycles. The van der Waals surface area contributed by atoms with Gasteiger partial charge in [-0.25, -0.2) is 0 Å². The average Bonchev–Trinajstić information content (AvgIpc) is 2.74. The van der Waals surface area contributed by atoms with Crippen LogP contribution in [0.5, 0.6) is 0 Å². The maximum absolute atomic E-state index is 13.1. The van der Waals surface area contributed by atoms with Crippen molar-refractivity contribution in [2.24, 2.45) is 23.5 Å². The number of nitrogens with two attached hydrogens (primary N) is 1. The molecule has 0 aromatic heterocycles. The molecule has 0 bridgehead atoms. The smallest absolute Gasteiger partial charge is 0.402 e. The van der Waals surface area contributed by atoms with Crippen LogP contribution in [0.2, 0.25) is 13.1 Å². The number of carbonyl (C=O) groups is 2. The van der Waals surface area contributed by atoms with Gasteiger partial charge >= 0.3 is 8.97 Å². The molecule has 2 amide bonds.